The van der Waals surface area contributed by atoms with E-state index in [0.717, 1.165) is 12.8 Å². The van der Waals surface area contributed by atoms with Crippen LogP contribution in [0.15, 0.2) is 0 Å². The number of carbonyl (C=O) groups is 1. The van der Waals surface area contributed by atoms with E-state index in [9.17, 15) is 4.79 Å². The van der Waals surface area contributed by atoms with Crippen LogP contribution >= 0.6 is 0 Å². The van der Waals surface area contributed by atoms with Crippen molar-refractivity contribution in [3.05, 3.63) is 0 Å². The molecule has 0 saturated carbocycles. The summed E-state index contributed by atoms with van der Waals surface area (Å²) >= 11 is 0. The minimum absolute atomic E-state index is 0.00860. The Balaban J connectivity index is 3.82. The molecule has 2 atom stereocenters. The molecule has 0 fully saturated rings. The van der Waals surface area contributed by atoms with Crippen molar-refractivity contribution < 1.29 is 9.53 Å². The molecule has 3 nitrogen and oxygen atoms in total. The lowest BCUT2D eigenvalue weighted by Crippen LogP contribution is -2.35. The SMILES string of the molecule is CCCC(C)OC(=O)[C@H](N)CC(C)C. The Bertz CT molecular complexity index is 169. The smallest absolute Gasteiger partial charge is 0.323 e. The number of nitrogens with two attached hydrogens (primary N) is 1. The molecule has 0 radical (unpaired) electrons. The van der Waals surface area contributed by atoms with E-state index in [1.807, 2.05) is 20.8 Å². The Labute approximate surface area is 87.0 Å². The minimum Gasteiger partial charge on any atom is -0.462 e. The fourth-order valence-electron chi connectivity index (χ4n) is 1.36. The van der Waals surface area contributed by atoms with E-state index in [1.165, 1.54) is 0 Å². The van der Waals surface area contributed by atoms with Crippen LogP contribution in [0.1, 0.15) is 47.0 Å². The standard InChI is InChI=1S/C11H23NO2/c1-5-6-9(4)14-11(13)10(12)7-8(2)3/h8-10H,5-7,12H2,1-4H3/t9?,10-/m1/s1. The average molecular weight is 201 g/mol. The van der Waals surface area contributed by atoms with Crippen LogP contribution in [-0.4, -0.2) is 18.1 Å². The first-order valence-electron chi connectivity index (χ1n) is 5.43. The predicted molar refractivity (Wildman–Crippen MR) is 57.9 cm³/mol. The van der Waals surface area contributed by atoms with Gasteiger partial charge in [0.25, 0.3) is 0 Å². The minimum atomic E-state index is -0.464. The van der Waals surface area contributed by atoms with Crippen LogP contribution in [0.25, 0.3) is 0 Å². The maximum Gasteiger partial charge on any atom is 0.323 e. The van der Waals surface area contributed by atoms with Gasteiger partial charge in [-0.05, 0) is 25.7 Å². The van der Waals surface area contributed by atoms with Gasteiger partial charge in [-0.3, -0.25) is 4.79 Å². The third-order valence-electron chi connectivity index (χ3n) is 2.04. The van der Waals surface area contributed by atoms with Crippen LogP contribution in [0.3, 0.4) is 0 Å². The normalized spacial score (nSPS) is 15.3. The zero-order chi connectivity index (χ0) is 11.1. The monoisotopic (exact) mass is 201 g/mol. The maximum absolute atomic E-state index is 11.4. The Morgan fingerprint density at radius 2 is 1.93 bits per heavy atom. The van der Waals surface area contributed by atoms with E-state index in [4.69, 9.17) is 10.5 Å². The Hall–Kier alpha value is -0.570. The molecule has 0 heterocycles. The van der Waals surface area contributed by atoms with E-state index in [0.29, 0.717) is 12.3 Å². The fourth-order valence-corrected chi connectivity index (χ4v) is 1.36. The molecule has 2 N–H and O–H groups in total. The molecule has 0 amide bonds. The molecule has 0 aromatic rings. The molecule has 14 heavy (non-hydrogen) atoms. The number of rotatable bonds is 6. The number of hydrogen-bond donors (Lipinski definition) is 1. The number of ether oxygens (including phenoxy) is 1. The number of carbonyl (C=O) groups excluding carboxylic acids is 1. The average Bonchev–Trinajstić information content (AvgIpc) is 2.02. The van der Waals surface area contributed by atoms with Crippen LogP contribution in [0.5, 0.6) is 0 Å². The second kappa shape index (κ2) is 6.82. The Kier molecular flexibility index (Phi) is 6.54. The zero-order valence-electron chi connectivity index (χ0n) is 9.75. The van der Waals surface area contributed by atoms with Crippen molar-refractivity contribution in [1.82, 2.24) is 0 Å². The predicted octanol–water partition coefficient (Wildman–Crippen LogP) is 2.09. The van der Waals surface area contributed by atoms with Crippen molar-refractivity contribution in [2.24, 2.45) is 11.7 Å². The summed E-state index contributed by atoms with van der Waals surface area (Å²) in [5, 5.41) is 0. The van der Waals surface area contributed by atoms with E-state index in [2.05, 4.69) is 6.92 Å². The molecule has 0 aliphatic heterocycles. The summed E-state index contributed by atoms with van der Waals surface area (Å²) in [5.74, 6) is 0.165. The number of esters is 1. The first-order chi connectivity index (χ1) is 6.47. The van der Waals surface area contributed by atoms with E-state index >= 15 is 0 Å². The van der Waals surface area contributed by atoms with Gasteiger partial charge in [0, 0.05) is 0 Å². The van der Waals surface area contributed by atoms with Gasteiger partial charge in [-0.25, -0.2) is 0 Å². The van der Waals surface area contributed by atoms with Gasteiger partial charge >= 0.3 is 5.97 Å². The van der Waals surface area contributed by atoms with Crippen LogP contribution in [0, 0.1) is 5.92 Å². The van der Waals surface area contributed by atoms with Crippen LogP contribution < -0.4 is 5.73 Å². The molecule has 84 valence electrons. The number of hydrogen-bond acceptors (Lipinski definition) is 3. The summed E-state index contributed by atoms with van der Waals surface area (Å²) in [4.78, 5) is 11.4. The molecule has 0 rings (SSSR count). The van der Waals surface area contributed by atoms with E-state index < -0.39 is 6.04 Å². The highest BCUT2D eigenvalue weighted by molar-refractivity contribution is 5.75. The van der Waals surface area contributed by atoms with Gasteiger partial charge in [0.2, 0.25) is 0 Å². The van der Waals surface area contributed by atoms with Crippen LogP contribution in [0.2, 0.25) is 0 Å². The lowest BCUT2D eigenvalue weighted by atomic mass is 10.0. The van der Waals surface area contributed by atoms with Gasteiger partial charge in [0.1, 0.15) is 6.04 Å². The molecule has 0 aliphatic rings. The summed E-state index contributed by atoms with van der Waals surface area (Å²) < 4.78 is 5.19. The Morgan fingerprint density at radius 3 is 2.36 bits per heavy atom. The van der Waals surface area contributed by atoms with E-state index in [1.54, 1.807) is 0 Å². The van der Waals surface area contributed by atoms with Gasteiger partial charge < -0.3 is 10.5 Å². The van der Waals surface area contributed by atoms with Gasteiger partial charge in [0.15, 0.2) is 0 Å². The zero-order valence-corrected chi connectivity index (χ0v) is 9.75. The van der Waals surface area contributed by atoms with Crippen LogP contribution in [-0.2, 0) is 9.53 Å². The Morgan fingerprint density at radius 1 is 1.36 bits per heavy atom. The van der Waals surface area contributed by atoms with Crippen molar-refractivity contribution in [2.45, 2.75) is 59.1 Å². The highest BCUT2D eigenvalue weighted by atomic mass is 16.5. The quantitative estimate of drug-likeness (QED) is 0.669. The topological polar surface area (TPSA) is 52.3 Å². The first-order valence-corrected chi connectivity index (χ1v) is 5.43. The molecule has 0 bridgehead atoms. The van der Waals surface area contributed by atoms with Gasteiger partial charge in [-0.15, -0.1) is 0 Å². The second-order valence-corrected chi connectivity index (χ2v) is 4.27. The highest BCUT2D eigenvalue weighted by Crippen LogP contribution is 2.07. The van der Waals surface area contributed by atoms with Crippen molar-refractivity contribution >= 4 is 5.97 Å². The molecule has 0 aromatic carbocycles. The molecule has 0 saturated heterocycles. The second-order valence-electron chi connectivity index (χ2n) is 4.27. The molecule has 0 aliphatic carbocycles. The highest BCUT2D eigenvalue weighted by Gasteiger charge is 2.18. The molecule has 0 spiro atoms. The lowest BCUT2D eigenvalue weighted by Gasteiger charge is -2.17. The van der Waals surface area contributed by atoms with Crippen molar-refractivity contribution in [3.8, 4) is 0 Å². The molecule has 0 aromatic heterocycles. The van der Waals surface area contributed by atoms with Gasteiger partial charge in [-0.1, -0.05) is 27.2 Å². The first kappa shape index (κ1) is 13.4. The fraction of sp³-hybridized carbons (Fsp3) is 0.909. The molecular formula is C11H23NO2. The summed E-state index contributed by atoms with van der Waals surface area (Å²) in [6.45, 7) is 8.06. The van der Waals surface area contributed by atoms with Crippen LogP contribution in [0.4, 0.5) is 0 Å². The summed E-state index contributed by atoms with van der Waals surface area (Å²) in [5.41, 5.74) is 5.69. The van der Waals surface area contributed by atoms with Gasteiger partial charge in [0.05, 0.1) is 6.10 Å². The largest absolute Gasteiger partial charge is 0.462 e. The van der Waals surface area contributed by atoms with Crippen molar-refractivity contribution in [3.63, 3.8) is 0 Å². The third-order valence-corrected chi connectivity index (χ3v) is 2.04. The van der Waals surface area contributed by atoms with Crippen molar-refractivity contribution in [2.75, 3.05) is 0 Å². The summed E-state index contributed by atoms with van der Waals surface area (Å²) in [6, 6.07) is -0.464. The third kappa shape index (κ3) is 5.97. The summed E-state index contributed by atoms with van der Waals surface area (Å²) in [7, 11) is 0. The maximum atomic E-state index is 11.4. The van der Waals surface area contributed by atoms with Crippen molar-refractivity contribution in [1.29, 1.82) is 0 Å². The molecule has 3 heteroatoms. The molecular weight excluding hydrogens is 178 g/mol. The molecule has 1 unspecified atom stereocenters. The van der Waals surface area contributed by atoms with E-state index in [-0.39, 0.29) is 12.1 Å². The lowest BCUT2D eigenvalue weighted by molar-refractivity contribution is -0.150. The summed E-state index contributed by atoms with van der Waals surface area (Å²) in [6.07, 6.45) is 2.61. The van der Waals surface area contributed by atoms with Gasteiger partial charge in [-0.2, -0.15) is 0 Å².